The van der Waals surface area contributed by atoms with Gasteiger partial charge in [0.05, 0.1) is 23.6 Å². The van der Waals surface area contributed by atoms with Crippen LogP contribution in [0.15, 0.2) is 36.4 Å². The number of rotatable bonds is 15. The molecule has 5 atom stereocenters. The van der Waals surface area contributed by atoms with Gasteiger partial charge in [0.2, 0.25) is 11.8 Å². The first kappa shape index (κ1) is 38.9. The quantitative estimate of drug-likeness (QED) is 0.159. The van der Waals surface area contributed by atoms with E-state index in [9.17, 15) is 29.1 Å². The lowest BCUT2D eigenvalue weighted by atomic mass is 9.97. The number of nitrogens with zero attached hydrogens (tertiary/aromatic N) is 2. The summed E-state index contributed by atoms with van der Waals surface area (Å²) in [5, 5.41) is 17.0. The van der Waals surface area contributed by atoms with E-state index in [1.807, 2.05) is 37.3 Å². The lowest BCUT2D eigenvalue weighted by Crippen LogP contribution is -2.61. The number of carbonyl (C=O) groups is 5. The Labute approximate surface area is 286 Å². The molecule has 14 nitrogen and oxygen atoms in total. The molecule has 0 bridgehead atoms. The van der Waals surface area contributed by atoms with E-state index < -0.39 is 66.8 Å². The van der Waals surface area contributed by atoms with Crippen LogP contribution in [0.25, 0.3) is 17.0 Å². The van der Waals surface area contributed by atoms with Gasteiger partial charge in [-0.15, -0.1) is 0 Å². The van der Waals surface area contributed by atoms with Gasteiger partial charge in [-0.2, -0.15) is 0 Å². The molecule has 14 heteroatoms. The van der Waals surface area contributed by atoms with E-state index in [0.717, 1.165) is 28.6 Å². The number of carbonyl (C=O) groups excluding carboxylic acids is 4. The molecule has 0 aliphatic carbocycles. The Balaban J connectivity index is 1.77. The lowest BCUT2D eigenvalue weighted by molar-refractivity contribution is -0.148. The molecule has 1 unspecified atom stereocenters. The SMILES string of the molecule is CCc1ccc2ccc(/C=C/[C@@H](C(=O)NC(C(=O)N[C@@H](C)C(=O)N3CCC[C@@H](C(=O)O)N3)C(C)C)[C@H](C)OCOC(=O)OC(C)C)cc2n1. The van der Waals surface area contributed by atoms with Crippen LogP contribution in [-0.2, 0) is 39.8 Å². The number of aliphatic carboxylic acids is 1. The number of ether oxygens (including phenoxy) is 3. The summed E-state index contributed by atoms with van der Waals surface area (Å²) in [6, 6.07) is 6.81. The minimum absolute atomic E-state index is 0.297. The van der Waals surface area contributed by atoms with Crippen LogP contribution >= 0.6 is 0 Å². The van der Waals surface area contributed by atoms with Crippen molar-refractivity contribution in [3.05, 3.63) is 47.7 Å². The first-order valence-corrected chi connectivity index (χ1v) is 16.6. The monoisotopic (exact) mass is 683 g/mol. The summed E-state index contributed by atoms with van der Waals surface area (Å²) in [4.78, 5) is 68.3. The average molecular weight is 684 g/mol. The predicted molar refractivity (Wildman–Crippen MR) is 182 cm³/mol. The highest BCUT2D eigenvalue weighted by Crippen LogP contribution is 2.19. The number of hydrazine groups is 1. The zero-order valence-electron chi connectivity index (χ0n) is 29.2. The summed E-state index contributed by atoms with van der Waals surface area (Å²) in [5.74, 6) is -3.99. The fraction of sp³-hybridized carbons (Fsp3) is 0.543. The van der Waals surface area contributed by atoms with Crippen molar-refractivity contribution < 1.29 is 43.3 Å². The maximum absolute atomic E-state index is 13.8. The van der Waals surface area contributed by atoms with Crippen LogP contribution in [0.5, 0.6) is 0 Å². The van der Waals surface area contributed by atoms with Gasteiger partial charge in [-0.3, -0.25) is 29.2 Å². The minimum Gasteiger partial charge on any atom is -0.480 e. The largest absolute Gasteiger partial charge is 0.510 e. The summed E-state index contributed by atoms with van der Waals surface area (Å²) in [5.41, 5.74) is 5.24. The Bertz CT molecular complexity index is 1510. The maximum Gasteiger partial charge on any atom is 0.510 e. The number of hydrogen-bond acceptors (Lipinski definition) is 10. The molecule has 3 amide bonds. The minimum atomic E-state index is -1.07. The summed E-state index contributed by atoms with van der Waals surface area (Å²) in [7, 11) is 0. The highest BCUT2D eigenvalue weighted by molar-refractivity contribution is 5.93. The van der Waals surface area contributed by atoms with Crippen molar-refractivity contribution in [2.45, 2.75) is 98.1 Å². The molecule has 0 saturated carbocycles. The Morgan fingerprint density at radius 1 is 1.04 bits per heavy atom. The smallest absolute Gasteiger partial charge is 0.480 e. The Kier molecular flexibility index (Phi) is 14.5. The van der Waals surface area contributed by atoms with E-state index in [1.54, 1.807) is 46.8 Å². The lowest BCUT2D eigenvalue weighted by Gasteiger charge is -2.34. The van der Waals surface area contributed by atoms with E-state index in [0.29, 0.717) is 19.4 Å². The van der Waals surface area contributed by atoms with Crippen LogP contribution in [0.1, 0.15) is 72.6 Å². The number of carboxylic acids is 1. The van der Waals surface area contributed by atoms with Crippen LogP contribution < -0.4 is 16.1 Å². The van der Waals surface area contributed by atoms with Gasteiger partial charge in [-0.1, -0.05) is 51.1 Å². The molecule has 0 radical (unpaired) electrons. The molecular formula is C35H49N5O9. The molecule has 1 aliphatic heterocycles. The summed E-state index contributed by atoms with van der Waals surface area (Å²) in [6.45, 7) is 11.9. The zero-order valence-corrected chi connectivity index (χ0v) is 29.2. The van der Waals surface area contributed by atoms with Crippen LogP contribution in [-0.4, -0.2) is 88.6 Å². The number of pyridine rings is 1. The van der Waals surface area contributed by atoms with Gasteiger partial charge in [0.15, 0.2) is 6.79 Å². The highest BCUT2D eigenvalue weighted by Gasteiger charge is 2.34. The standard InChI is InChI=1S/C35H49N5O9/c1-8-26-15-14-25-13-11-24(18-29(25)37-26)12-16-27(23(7)47-19-48-35(46)49-21(4)5)31(41)38-30(20(2)3)32(42)36-22(6)33(43)40-17-9-10-28(39-40)34(44)45/h11-16,18,20-23,27-28,30,39H,8-10,17,19H2,1-7H3,(H,36,42)(H,38,41)(H,44,45)/b16-12+/t22-,23-,27+,28-,30?/m0/s1. The molecule has 1 aromatic heterocycles. The summed E-state index contributed by atoms with van der Waals surface area (Å²) < 4.78 is 15.7. The van der Waals surface area contributed by atoms with Gasteiger partial charge < -0.3 is 30.0 Å². The average Bonchev–Trinajstić information content (AvgIpc) is 3.05. The summed E-state index contributed by atoms with van der Waals surface area (Å²) >= 11 is 0. The number of aromatic nitrogens is 1. The van der Waals surface area contributed by atoms with Crippen molar-refractivity contribution in [2.75, 3.05) is 13.3 Å². The molecule has 49 heavy (non-hydrogen) atoms. The van der Waals surface area contributed by atoms with E-state index >= 15 is 0 Å². The second-order valence-electron chi connectivity index (χ2n) is 12.7. The van der Waals surface area contributed by atoms with E-state index in [4.69, 9.17) is 14.2 Å². The van der Waals surface area contributed by atoms with Crippen molar-refractivity contribution in [3.8, 4) is 0 Å². The third-order valence-corrected chi connectivity index (χ3v) is 8.01. The van der Waals surface area contributed by atoms with Gasteiger partial charge in [0.1, 0.15) is 18.1 Å². The van der Waals surface area contributed by atoms with E-state index in [1.165, 1.54) is 11.9 Å². The molecule has 1 fully saturated rings. The van der Waals surface area contributed by atoms with E-state index in [2.05, 4.69) is 21.0 Å². The fourth-order valence-electron chi connectivity index (χ4n) is 5.17. The molecule has 268 valence electrons. The maximum atomic E-state index is 13.8. The number of aryl methyl sites for hydroxylation is 1. The number of hydrogen-bond donors (Lipinski definition) is 4. The molecule has 2 heterocycles. The second-order valence-corrected chi connectivity index (χ2v) is 12.7. The molecule has 1 aromatic carbocycles. The van der Waals surface area contributed by atoms with Gasteiger partial charge in [0.25, 0.3) is 5.91 Å². The molecule has 1 saturated heterocycles. The second kappa shape index (κ2) is 18.3. The fourth-order valence-corrected chi connectivity index (χ4v) is 5.17. The summed E-state index contributed by atoms with van der Waals surface area (Å²) in [6.07, 6.45) is 2.98. The van der Waals surface area contributed by atoms with Crippen molar-refractivity contribution in [3.63, 3.8) is 0 Å². The van der Waals surface area contributed by atoms with Crippen LogP contribution in [0.2, 0.25) is 0 Å². The first-order chi connectivity index (χ1) is 23.2. The third kappa shape index (κ3) is 11.5. The van der Waals surface area contributed by atoms with Crippen LogP contribution in [0.3, 0.4) is 0 Å². The van der Waals surface area contributed by atoms with Gasteiger partial charge in [-0.05, 0) is 70.6 Å². The molecule has 0 spiro atoms. The molecular weight excluding hydrogens is 634 g/mol. The Morgan fingerprint density at radius 3 is 2.41 bits per heavy atom. The predicted octanol–water partition coefficient (Wildman–Crippen LogP) is 3.58. The Morgan fingerprint density at radius 2 is 1.76 bits per heavy atom. The van der Waals surface area contributed by atoms with Gasteiger partial charge in [0, 0.05) is 17.6 Å². The van der Waals surface area contributed by atoms with Gasteiger partial charge in [-0.25, -0.2) is 10.2 Å². The number of benzene rings is 1. The van der Waals surface area contributed by atoms with Crippen LogP contribution in [0.4, 0.5) is 4.79 Å². The molecule has 2 aromatic rings. The van der Waals surface area contributed by atoms with Crippen molar-refractivity contribution >= 4 is 46.8 Å². The molecule has 3 rings (SSSR count). The Hall–Kier alpha value is -4.56. The van der Waals surface area contributed by atoms with E-state index in [-0.39, 0.29) is 12.0 Å². The normalized spacial score (nSPS) is 17.4. The number of carboxylic acid groups (broad SMARTS) is 1. The van der Waals surface area contributed by atoms with Crippen molar-refractivity contribution in [2.24, 2.45) is 11.8 Å². The molecule has 4 N–H and O–H groups in total. The van der Waals surface area contributed by atoms with Gasteiger partial charge >= 0.3 is 12.1 Å². The zero-order chi connectivity index (χ0) is 36.2. The van der Waals surface area contributed by atoms with Crippen LogP contribution in [0, 0.1) is 11.8 Å². The first-order valence-electron chi connectivity index (χ1n) is 16.6. The molecule has 1 aliphatic rings. The number of fused-ring (bicyclic) bond motifs is 1. The van der Waals surface area contributed by atoms with Crippen molar-refractivity contribution in [1.82, 2.24) is 26.1 Å². The topological polar surface area (TPSA) is 185 Å². The highest BCUT2D eigenvalue weighted by atomic mass is 16.8. The van der Waals surface area contributed by atoms with Crippen molar-refractivity contribution in [1.29, 1.82) is 0 Å². The number of amides is 3. The third-order valence-electron chi connectivity index (χ3n) is 8.01. The number of nitrogens with one attached hydrogen (secondary N) is 3.